The van der Waals surface area contributed by atoms with E-state index in [4.69, 9.17) is 11.0 Å². The Hall–Kier alpha value is -2.17. The van der Waals surface area contributed by atoms with Crippen molar-refractivity contribution in [2.45, 2.75) is 6.92 Å². The van der Waals surface area contributed by atoms with Gasteiger partial charge < -0.3 is 5.73 Å². The van der Waals surface area contributed by atoms with Gasteiger partial charge in [-0.3, -0.25) is 0 Å². The molecule has 0 aliphatic rings. The van der Waals surface area contributed by atoms with E-state index in [0.717, 1.165) is 0 Å². The Balaban J connectivity index is 4.20. The molecule has 3 N–H and O–H groups in total. The first-order valence-electron chi connectivity index (χ1n) is 2.75. The van der Waals surface area contributed by atoms with Crippen LogP contribution in [0.2, 0.25) is 0 Å². The van der Waals surface area contributed by atoms with Crippen LogP contribution < -0.4 is 11.2 Å². The first-order valence-corrected chi connectivity index (χ1v) is 2.75. The van der Waals surface area contributed by atoms with Crippen LogP contribution in [0.15, 0.2) is 10.2 Å². The van der Waals surface area contributed by atoms with Crippen molar-refractivity contribution in [2.24, 2.45) is 15.9 Å². The van der Waals surface area contributed by atoms with E-state index in [0.29, 0.717) is 0 Å². The molecule has 0 fully saturated rings. The number of nitro groups is 1. The lowest BCUT2D eigenvalue weighted by Crippen LogP contribution is -2.35. The molecule has 8 nitrogen and oxygen atoms in total. The summed E-state index contributed by atoms with van der Waals surface area (Å²) in [6.07, 6.45) is 0. The molecule has 0 amide bonds. The van der Waals surface area contributed by atoms with Gasteiger partial charge in [0.15, 0.2) is 5.03 Å². The van der Waals surface area contributed by atoms with Crippen LogP contribution in [-0.2, 0) is 0 Å². The summed E-state index contributed by atoms with van der Waals surface area (Å²) in [5, 5.41) is 23.4. The largest absolute Gasteiger partial charge is 0.364 e. The molecule has 0 rings (SSSR count). The third kappa shape index (κ3) is 4.68. The van der Waals surface area contributed by atoms with Crippen LogP contribution >= 0.6 is 0 Å². The molecule has 0 unspecified atom stereocenters. The second-order valence-corrected chi connectivity index (χ2v) is 1.65. The molecule has 8 heteroatoms. The third-order valence-corrected chi connectivity index (χ3v) is 0.675. The summed E-state index contributed by atoms with van der Waals surface area (Å²) < 4.78 is 0. The fraction of sp³-hybridized carbons (Fsp3) is 0.250. The zero-order valence-corrected chi connectivity index (χ0v) is 6.18. The number of hydrazine groups is 1. The molecule has 0 aromatic carbocycles. The molecular weight excluding hydrogens is 164 g/mol. The van der Waals surface area contributed by atoms with Crippen molar-refractivity contribution in [2.75, 3.05) is 0 Å². The normalized spacial score (nSPS) is 12.0. The van der Waals surface area contributed by atoms with E-state index in [1.165, 1.54) is 6.92 Å². The number of guanidine groups is 1. The van der Waals surface area contributed by atoms with Crippen molar-refractivity contribution < 1.29 is 5.03 Å². The van der Waals surface area contributed by atoms with Gasteiger partial charge in [0.2, 0.25) is 0 Å². The topological polar surface area (TPSA) is 130 Å². The molecule has 0 aliphatic carbocycles. The second-order valence-electron chi connectivity index (χ2n) is 1.65. The number of hydrogen-bond acceptors (Lipinski definition) is 5. The van der Waals surface area contributed by atoms with Crippen LogP contribution in [0.5, 0.6) is 0 Å². The monoisotopic (exact) mass is 170 g/mol. The molecule has 0 aromatic heterocycles. The number of nitrogens with zero attached hydrogens (tertiary/aromatic N) is 4. The molecule has 0 saturated heterocycles. The summed E-state index contributed by atoms with van der Waals surface area (Å²) in [5.41, 5.74) is 6.57. The molecule has 12 heavy (non-hydrogen) atoms. The Morgan fingerprint density at radius 2 is 2.33 bits per heavy atom. The van der Waals surface area contributed by atoms with Crippen LogP contribution in [0.3, 0.4) is 0 Å². The Kier molecular flexibility index (Phi) is 3.78. The molecule has 0 aliphatic heterocycles. The number of hydrogen-bond donors (Lipinski definition) is 2. The van der Waals surface area contributed by atoms with Gasteiger partial charge in [-0.25, -0.2) is 10.1 Å². The van der Waals surface area contributed by atoms with Gasteiger partial charge in [0.1, 0.15) is 11.8 Å². The van der Waals surface area contributed by atoms with E-state index in [2.05, 4.69) is 10.2 Å². The molecule has 0 bridgehead atoms. The van der Waals surface area contributed by atoms with Crippen molar-refractivity contribution in [1.82, 2.24) is 5.43 Å². The maximum atomic E-state index is 9.74. The first-order chi connectivity index (χ1) is 5.56. The quantitative estimate of drug-likeness (QED) is 0.237. The van der Waals surface area contributed by atoms with Gasteiger partial charge in [-0.1, -0.05) is 5.43 Å². The van der Waals surface area contributed by atoms with Crippen molar-refractivity contribution in [1.29, 1.82) is 5.26 Å². The van der Waals surface area contributed by atoms with E-state index in [-0.39, 0.29) is 5.71 Å². The molecule has 0 radical (unpaired) electrons. The van der Waals surface area contributed by atoms with Gasteiger partial charge in [0.05, 0.1) is 0 Å². The molecule has 0 spiro atoms. The molecule has 0 saturated carbocycles. The Morgan fingerprint density at radius 3 is 2.75 bits per heavy atom. The lowest BCUT2D eigenvalue weighted by Gasteiger charge is -1.90. The first kappa shape index (κ1) is 9.83. The third-order valence-electron chi connectivity index (χ3n) is 0.675. The fourth-order valence-corrected chi connectivity index (χ4v) is 0.267. The maximum Gasteiger partial charge on any atom is 0.275 e. The van der Waals surface area contributed by atoms with E-state index < -0.39 is 11.0 Å². The van der Waals surface area contributed by atoms with Crippen LogP contribution in [0.1, 0.15) is 6.92 Å². The highest BCUT2D eigenvalue weighted by Crippen LogP contribution is 1.76. The summed E-state index contributed by atoms with van der Waals surface area (Å²) in [7, 11) is 0. The SMILES string of the molecule is CC(C#N)=N/N=C(\N)N[N+](=O)[O-]. The lowest BCUT2D eigenvalue weighted by atomic mass is 10.5. The highest BCUT2D eigenvalue weighted by molar-refractivity contribution is 5.96. The van der Waals surface area contributed by atoms with Crippen LogP contribution in [0.4, 0.5) is 0 Å². The van der Waals surface area contributed by atoms with E-state index >= 15 is 0 Å². The van der Waals surface area contributed by atoms with Crippen molar-refractivity contribution >= 4 is 11.7 Å². The van der Waals surface area contributed by atoms with Crippen LogP contribution in [-0.4, -0.2) is 16.7 Å². The summed E-state index contributed by atoms with van der Waals surface area (Å²) in [6, 6.07) is 1.66. The van der Waals surface area contributed by atoms with Crippen LogP contribution in [0.25, 0.3) is 0 Å². The minimum atomic E-state index is -0.879. The molecule has 64 valence electrons. The van der Waals surface area contributed by atoms with E-state index in [1.54, 1.807) is 11.5 Å². The molecular formula is C4H6N6O2. The van der Waals surface area contributed by atoms with Gasteiger partial charge in [-0.15, -0.1) is 10.2 Å². The Bertz CT molecular complexity index is 274. The van der Waals surface area contributed by atoms with Gasteiger partial charge in [-0.05, 0) is 6.92 Å². The summed E-state index contributed by atoms with van der Waals surface area (Å²) >= 11 is 0. The van der Waals surface area contributed by atoms with E-state index in [1.807, 2.05) is 0 Å². The summed E-state index contributed by atoms with van der Waals surface area (Å²) in [5.74, 6) is -0.477. The lowest BCUT2D eigenvalue weighted by molar-refractivity contribution is -0.525. The Labute approximate surface area is 67.5 Å². The number of rotatable bonds is 2. The molecule has 0 heterocycles. The fourth-order valence-electron chi connectivity index (χ4n) is 0.267. The number of nitrogens with two attached hydrogens (primary N) is 1. The number of nitriles is 1. The highest BCUT2D eigenvalue weighted by Gasteiger charge is 1.96. The number of nitrogens with one attached hydrogen (secondary N) is 1. The predicted molar refractivity (Wildman–Crippen MR) is 40.5 cm³/mol. The van der Waals surface area contributed by atoms with Gasteiger partial charge in [0, 0.05) is 0 Å². The second kappa shape index (κ2) is 4.62. The van der Waals surface area contributed by atoms with Gasteiger partial charge in [0.25, 0.3) is 5.96 Å². The smallest absolute Gasteiger partial charge is 0.275 e. The van der Waals surface area contributed by atoms with Gasteiger partial charge in [-0.2, -0.15) is 5.26 Å². The van der Waals surface area contributed by atoms with Crippen molar-refractivity contribution in [3.05, 3.63) is 10.1 Å². The molecule has 0 aromatic rings. The minimum absolute atomic E-state index is 0.0584. The van der Waals surface area contributed by atoms with Crippen molar-refractivity contribution in [3.63, 3.8) is 0 Å². The Morgan fingerprint density at radius 1 is 1.75 bits per heavy atom. The average molecular weight is 170 g/mol. The average Bonchev–Trinajstić information content (AvgIpc) is 1.99. The summed E-state index contributed by atoms with van der Waals surface area (Å²) in [4.78, 5) is 9.74. The van der Waals surface area contributed by atoms with Crippen LogP contribution in [0, 0.1) is 21.4 Å². The minimum Gasteiger partial charge on any atom is -0.364 e. The summed E-state index contributed by atoms with van der Waals surface area (Å²) in [6.45, 7) is 1.39. The predicted octanol–water partition coefficient (Wildman–Crippen LogP) is -1.02. The van der Waals surface area contributed by atoms with Crippen molar-refractivity contribution in [3.8, 4) is 6.07 Å². The maximum absolute atomic E-state index is 9.74. The zero-order valence-electron chi connectivity index (χ0n) is 6.18. The van der Waals surface area contributed by atoms with E-state index in [9.17, 15) is 10.1 Å². The highest BCUT2D eigenvalue weighted by atomic mass is 16.7. The zero-order chi connectivity index (χ0) is 9.56. The molecule has 0 atom stereocenters. The van der Waals surface area contributed by atoms with Gasteiger partial charge >= 0.3 is 0 Å². The standard InChI is InChI=1S/C4H6N6O2/c1-3(2-5)7-8-4(6)9-10(11)12/h1H3,(H3,6,8,9).